The van der Waals surface area contributed by atoms with Crippen molar-refractivity contribution in [1.29, 1.82) is 0 Å². The minimum Gasteiger partial charge on any atom is -0.492 e. The lowest BCUT2D eigenvalue weighted by Crippen LogP contribution is -2.33. The molecule has 3 N–H and O–H groups in total. The molecule has 0 aliphatic heterocycles. The van der Waals surface area contributed by atoms with E-state index in [1.54, 1.807) is 24.3 Å². The van der Waals surface area contributed by atoms with Crippen LogP contribution in [0, 0.1) is 5.41 Å². The number of benzene rings is 1. The molecule has 1 saturated carbocycles. The van der Waals surface area contributed by atoms with Crippen molar-refractivity contribution in [3.63, 3.8) is 0 Å². The number of ether oxygens (including phenoxy) is 1. The first-order chi connectivity index (χ1) is 8.89. The van der Waals surface area contributed by atoms with Gasteiger partial charge >= 0.3 is 0 Å². The van der Waals surface area contributed by atoms with Crippen LogP contribution in [0.15, 0.2) is 24.3 Å². The Morgan fingerprint density at radius 3 is 2.79 bits per heavy atom. The summed E-state index contributed by atoms with van der Waals surface area (Å²) in [6.45, 7) is 2.72. The fourth-order valence-electron chi connectivity index (χ4n) is 1.62. The predicted molar refractivity (Wildman–Crippen MR) is 75.5 cm³/mol. The minimum absolute atomic E-state index is 0.0438. The van der Waals surface area contributed by atoms with E-state index in [4.69, 9.17) is 10.5 Å². The lowest BCUT2D eigenvalue weighted by Gasteiger charge is -2.11. The van der Waals surface area contributed by atoms with Crippen molar-refractivity contribution >= 4 is 15.7 Å². The van der Waals surface area contributed by atoms with E-state index < -0.39 is 10.0 Å². The van der Waals surface area contributed by atoms with Crippen LogP contribution in [0.25, 0.3) is 0 Å². The molecule has 19 heavy (non-hydrogen) atoms. The van der Waals surface area contributed by atoms with Crippen LogP contribution in [0.5, 0.6) is 5.75 Å². The maximum Gasteiger partial charge on any atom is 0.214 e. The summed E-state index contributed by atoms with van der Waals surface area (Å²) in [7, 11) is -3.26. The van der Waals surface area contributed by atoms with Crippen LogP contribution in [0.1, 0.15) is 19.8 Å². The summed E-state index contributed by atoms with van der Waals surface area (Å²) in [5, 5.41) is 0. The monoisotopic (exact) mass is 284 g/mol. The Morgan fingerprint density at radius 1 is 1.42 bits per heavy atom. The lowest BCUT2D eigenvalue weighted by molar-refractivity contribution is 0.340. The van der Waals surface area contributed by atoms with Gasteiger partial charge in [0.15, 0.2) is 0 Å². The minimum atomic E-state index is -3.26. The van der Waals surface area contributed by atoms with Gasteiger partial charge in [-0.25, -0.2) is 13.1 Å². The Balaban J connectivity index is 1.75. The molecule has 1 fully saturated rings. The summed E-state index contributed by atoms with van der Waals surface area (Å²) in [5.74, 6) is 0.544. The molecule has 1 aromatic carbocycles. The zero-order valence-corrected chi connectivity index (χ0v) is 11.9. The Hall–Kier alpha value is -1.27. The number of nitrogens with two attached hydrogens (primary N) is 1. The molecule has 0 saturated heterocycles. The van der Waals surface area contributed by atoms with Crippen molar-refractivity contribution in [1.82, 2.24) is 4.72 Å². The average molecular weight is 284 g/mol. The number of rotatable bonds is 7. The summed E-state index contributed by atoms with van der Waals surface area (Å²) in [6.07, 6.45) is 2.19. The highest BCUT2D eigenvalue weighted by Crippen LogP contribution is 2.44. The van der Waals surface area contributed by atoms with E-state index >= 15 is 0 Å². The Morgan fingerprint density at radius 2 is 2.16 bits per heavy atom. The first kappa shape index (κ1) is 14.1. The van der Waals surface area contributed by atoms with Gasteiger partial charge in [-0.3, -0.25) is 0 Å². The van der Waals surface area contributed by atoms with Crippen molar-refractivity contribution < 1.29 is 13.2 Å². The third kappa shape index (κ3) is 4.72. The highest BCUT2D eigenvalue weighted by atomic mass is 32.2. The highest BCUT2D eigenvalue weighted by molar-refractivity contribution is 7.89. The Labute approximate surface area is 114 Å². The number of hydrogen-bond donors (Lipinski definition) is 2. The van der Waals surface area contributed by atoms with Crippen molar-refractivity contribution in [3.05, 3.63) is 24.3 Å². The quantitative estimate of drug-likeness (QED) is 0.741. The number of nitrogens with one attached hydrogen (secondary N) is 1. The molecule has 0 heterocycles. The molecule has 0 spiro atoms. The molecule has 106 valence electrons. The molecule has 1 aromatic rings. The fraction of sp³-hybridized carbons (Fsp3) is 0.538. The zero-order valence-electron chi connectivity index (χ0n) is 11.1. The number of hydrogen-bond acceptors (Lipinski definition) is 4. The predicted octanol–water partition coefficient (Wildman–Crippen LogP) is 1.37. The molecule has 1 aliphatic rings. The molecule has 6 heteroatoms. The van der Waals surface area contributed by atoms with E-state index in [1.165, 1.54) is 0 Å². The van der Waals surface area contributed by atoms with Gasteiger partial charge in [-0.15, -0.1) is 0 Å². The summed E-state index contributed by atoms with van der Waals surface area (Å²) < 4.78 is 31.5. The number of anilines is 1. The van der Waals surface area contributed by atoms with Crippen molar-refractivity contribution in [2.75, 3.05) is 24.6 Å². The molecular weight excluding hydrogens is 264 g/mol. The summed E-state index contributed by atoms with van der Waals surface area (Å²) in [6, 6.07) is 6.94. The summed E-state index contributed by atoms with van der Waals surface area (Å²) in [4.78, 5) is 0. The van der Waals surface area contributed by atoms with Crippen LogP contribution in [-0.4, -0.2) is 27.3 Å². The van der Waals surface area contributed by atoms with Crippen molar-refractivity contribution in [2.24, 2.45) is 5.41 Å². The second-order valence-corrected chi connectivity index (χ2v) is 7.30. The van der Waals surface area contributed by atoms with E-state index in [9.17, 15) is 8.42 Å². The third-order valence-electron chi connectivity index (χ3n) is 3.30. The fourth-order valence-corrected chi connectivity index (χ4v) is 2.64. The number of nitrogen functional groups attached to an aromatic ring is 1. The van der Waals surface area contributed by atoms with Gasteiger partial charge in [0.1, 0.15) is 12.4 Å². The van der Waals surface area contributed by atoms with Gasteiger partial charge in [0.05, 0.1) is 5.75 Å². The molecular formula is C13H20N2O3S. The molecule has 0 radical (unpaired) electrons. The molecule has 0 unspecified atom stereocenters. The molecule has 5 nitrogen and oxygen atoms in total. The lowest BCUT2D eigenvalue weighted by atomic mass is 10.2. The van der Waals surface area contributed by atoms with E-state index in [2.05, 4.69) is 11.6 Å². The van der Waals surface area contributed by atoms with Crippen LogP contribution in [0.3, 0.4) is 0 Å². The van der Waals surface area contributed by atoms with Crippen LogP contribution in [-0.2, 0) is 10.0 Å². The third-order valence-corrected chi connectivity index (χ3v) is 4.59. The van der Waals surface area contributed by atoms with Crippen LogP contribution in [0.4, 0.5) is 5.69 Å². The van der Waals surface area contributed by atoms with E-state index in [0.29, 0.717) is 18.0 Å². The molecule has 1 aliphatic carbocycles. The van der Waals surface area contributed by atoms with Crippen LogP contribution < -0.4 is 15.2 Å². The second kappa shape index (κ2) is 5.38. The largest absolute Gasteiger partial charge is 0.492 e. The normalized spacial score (nSPS) is 17.1. The maximum atomic E-state index is 11.7. The standard InChI is InChI=1S/C13H20N2O3S/c1-13(5-6-13)10-15-19(16,17)8-7-18-12-4-2-3-11(14)9-12/h2-4,9,15H,5-8,10,14H2,1H3. The molecule has 0 amide bonds. The SMILES string of the molecule is CC1(CNS(=O)(=O)CCOc2cccc(N)c2)CC1. The van der Waals surface area contributed by atoms with E-state index in [-0.39, 0.29) is 17.8 Å². The molecule has 2 rings (SSSR count). The van der Waals surface area contributed by atoms with Gasteiger partial charge in [-0.2, -0.15) is 0 Å². The summed E-state index contributed by atoms with van der Waals surface area (Å²) in [5.41, 5.74) is 6.37. The highest BCUT2D eigenvalue weighted by Gasteiger charge is 2.37. The van der Waals surface area contributed by atoms with Crippen LogP contribution >= 0.6 is 0 Å². The van der Waals surface area contributed by atoms with E-state index in [0.717, 1.165) is 12.8 Å². The maximum absolute atomic E-state index is 11.7. The van der Waals surface area contributed by atoms with Gasteiger partial charge in [0.2, 0.25) is 10.0 Å². The Bertz CT molecular complexity index is 539. The van der Waals surface area contributed by atoms with Gasteiger partial charge in [0, 0.05) is 18.3 Å². The molecule has 0 bridgehead atoms. The van der Waals surface area contributed by atoms with Gasteiger partial charge in [-0.1, -0.05) is 13.0 Å². The zero-order chi connectivity index (χ0) is 13.9. The first-order valence-electron chi connectivity index (χ1n) is 6.34. The van der Waals surface area contributed by atoms with Crippen molar-refractivity contribution in [2.45, 2.75) is 19.8 Å². The van der Waals surface area contributed by atoms with Gasteiger partial charge in [0.25, 0.3) is 0 Å². The van der Waals surface area contributed by atoms with Gasteiger partial charge in [-0.05, 0) is 30.4 Å². The van der Waals surface area contributed by atoms with E-state index in [1.807, 2.05) is 0 Å². The first-order valence-corrected chi connectivity index (χ1v) is 8.00. The smallest absolute Gasteiger partial charge is 0.214 e. The molecule has 0 aromatic heterocycles. The Kier molecular flexibility index (Phi) is 4.01. The second-order valence-electron chi connectivity index (χ2n) is 5.37. The summed E-state index contributed by atoms with van der Waals surface area (Å²) >= 11 is 0. The van der Waals surface area contributed by atoms with Gasteiger partial charge < -0.3 is 10.5 Å². The number of sulfonamides is 1. The van der Waals surface area contributed by atoms with Crippen LogP contribution in [0.2, 0.25) is 0 Å². The van der Waals surface area contributed by atoms with Crippen molar-refractivity contribution in [3.8, 4) is 5.75 Å². The average Bonchev–Trinajstić information content (AvgIpc) is 3.06. The molecule has 0 atom stereocenters. The topological polar surface area (TPSA) is 81.4 Å².